The van der Waals surface area contributed by atoms with E-state index in [1.54, 1.807) is 17.7 Å². The lowest BCUT2D eigenvalue weighted by Gasteiger charge is -2.59. The number of hydrogen-bond acceptors (Lipinski definition) is 2. The van der Waals surface area contributed by atoms with Crippen LogP contribution >= 0.6 is 0 Å². The van der Waals surface area contributed by atoms with Crippen LogP contribution in [0.5, 0.6) is 0 Å². The zero-order valence-electron chi connectivity index (χ0n) is 22.3. The van der Waals surface area contributed by atoms with Crippen LogP contribution in [0.2, 0.25) is 0 Å². The highest BCUT2D eigenvalue weighted by atomic mass is 19.1. The molecule has 6 aliphatic carbocycles. The predicted octanol–water partition coefficient (Wildman–Crippen LogP) is 7.23. The fourth-order valence-electron chi connectivity index (χ4n) is 11.1. The highest BCUT2D eigenvalue weighted by molar-refractivity contribution is 5.33. The highest BCUT2D eigenvalue weighted by Gasteiger charge is 2.80. The van der Waals surface area contributed by atoms with E-state index in [0.717, 1.165) is 73.7 Å². The smallest absolute Gasteiger partial charge is 0.123 e. The molecular weight excluding hydrogens is 447 g/mol. The molecule has 0 bridgehead atoms. The van der Waals surface area contributed by atoms with Gasteiger partial charge in [-0.3, -0.25) is 0 Å². The number of halogens is 1. The Bertz CT molecular complexity index is 1060. The van der Waals surface area contributed by atoms with Crippen molar-refractivity contribution in [2.45, 2.75) is 109 Å². The van der Waals surface area contributed by atoms with Gasteiger partial charge < -0.3 is 10.2 Å². The summed E-state index contributed by atoms with van der Waals surface area (Å²) in [6.45, 7) is 5.12. The zero-order chi connectivity index (χ0) is 24.9. The van der Waals surface area contributed by atoms with Gasteiger partial charge in [0.1, 0.15) is 5.82 Å². The molecule has 2 N–H and O–H groups in total. The molecule has 0 aromatic heterocycles. The second-order valence-corrected chi connectivity index (χ2v) is 14.5. The molecule has 0 radical (unpaired) electrons. The van der Waals surface area contributed by atoms with Crippen molar-refractivity contribution >= 4 is 0 Å². The van der Waals surface area contributed by atoms with Crippen LogP contribution in [0, 0.1) is 51.7 Å². The maximum absolute atomic E-state index is 13.4. The maximum atomic E-state index is 13.4. The molecule has 7 rings (SSSR count). The average molecular weight is 493 g/mol. The third-order valence-corrected chi connectivity index (χ3v) is 13.3. The van der Waals surface area contributed by atoms with Crippen LogP contribution < -0.4 is 0 Å². The Morgan fingerprint density at radius 1 is 1.00 bits per heavy atom. The molecule has 0 aliphatic heterocycles. The second-order valence-electron chi connectivity index (χ2n) is 14.5. The van der Waals surface area contributed by atoms with Crippen molar-refractivity contribution in [3.8, 4) is 0 Å². The summed E-state index contributed by atoms with van der Waals surface area (Å²) < 4.78 is 13.4. The van der Waals surface area contributed by atoms with Crippen LogP contribution in [0.4, 0.5) is 4.39 Å². The monoisotopic (exact) mass is 492 g/mol. The molecule has 6 aliphatic rings. The van der Waals surface area contributed by atoms with E-state index in [-0.39, 0.29) is 28.2 Å². The van der Waals surface area contributed by atoms with Crippen molar-refractivity contribution in [3.05, 3.63) is 47.3 Å². The summed E-state index contributed by atoms with van der Waals surface area (Å²) in [6.07, 6.45) is 17.2. The minimum atomic E-state index is -0.561. The molecule has 0 heterocycles. The zero-order valence-corrected chi connectivity index (χ0v) is 22.3. The molecule has 5 fully saturated rings. The lowest BCUT2D eigenvalue weighted by Crippen LogP contribution is -2.53. The van der Waals surface area contributed by atoms with Gasteiger partial charge >= 0.3 is 0 Å². The number of aliphatic hydroxyl groups excluding tert-OH is 1. The summed E-state index contributed by atoms with van der Waals surface area (Å²) >= 11 is 0. The number of allylic oxidation sites excluding steroid dienone is 1. The first kappa shape index (κ1) is 23.9. The molecule has 1 aromatic carbocycles. The molecule has 196 valence electrons. The van der Waals surface area contributed by atoms with E-state index < -0.39 is 5.60 Å². The Kier molecular flexibility index (Phi) is 5.25. The highest BCUT2D eigenvalue weighted by Crippen LogP contribution is 2.83. The molecule has 9 atom stereocenters. The molecule has 0 saturated heterocycles. The average Bonchev–Trinajstić information content (AvgIpc) is 3.33. The van der Waals surface area contributed by atoms with Crippen molar-refractivity contribution < 1.29 is 14.6 Å². The summed E-state index contributed by atoms with van der Waals surface area (Å²) in [4.78, 5) is 0. The van der Waals surface area contributed by atoms with Crippen LogP contribution in [-0.4, -0.2) is 21.9 Å². The summed E-state index contributed by atoms with van der Waals surface area (Å²) in [5.74, 6) is 3.65. The molecule has 2 nitrogen and oxygen atoms in total. The number of benzene rings is 1. The largest absolute Gasteiger partial charge is 0.393 e. The third-order valence-electron chi connectivity index (χ3n) is 13.3. The fourth-order valence-corrected chi connectivity index (χ4v) is 11.1. The number of aliphatic hydroxyl groups is 2. The first-order valence-electron chi connectivity index (χ1n) is 15.0. The molecular formula is C33H45FO2. The van der Waals surface area contributed by atoms with Gasteiger partial charge in [0.2, 0.25) is 0 Å². The molecule has 36 heavy (non-hydrogen) atoms. The van der Waals surface area contributed by atoms with Crippen molar-refractivity contribution in [3.63, 3.8) is 0 Å². The van der Waals surface area contributed by atoms with E-state index >= 15 is 0 Å². The second kappa shape index (κ2) is 7.92. The Labute approximate surface area is 216 Å². The van der Waals surface area contributed by atoms with Crippen molar-refractivity contribution in [2.75, 3.05) is 0 Å². The van der Waals surface area contributed by atoms with E-state index in [4.69, 9.17) is 0 Å². The quantitative estimate of drug-likeness (QED) is 0.435. The van der Waals surface area contributed by atoms with Gasteiger partial charge in [-0.1, -0.05) is 56.9 Å². The van der Waals surface area contributed by atoms with E-state index in [1.807, 2.05) is 12.1 Å². The summed E-state index contributed by atoms with van der Waals surface area (Å²) in [5.41, 5.74) is 2.70. The van der Waals surface area contributed by atoms with Gasteiger partial charge in [0.05, 0.1) is 11.7 Å². The summed E-state index contributed by atoms with van der Waals surface area (Å²) in [6, 6.07) is 6.89. The number of hydrogen-bond donors (Lipinski definition) is 2. The van der Waals surface area contributed by atoms with E-state index in [2.05, 4.69) is 19.9 Å². The topological polar surface area (TPSA) is 40.5 Å². The van der Waals surface area contributed by atoms with Crippen LogP contribution in [-0.2, 0) is 6.42 Å². The molecule has 3 heteroatoms. The van der Waals surface area contributed by atoms with Gasteiger partial charge in [0.15, 0.2) is 0 Å². The third kappa shape index (κ3) is 3.14. The standard InChI is InChI=1S/C33H45FO2/c1-30-15-13-25(35)18-23(30)8-11-26-28(30)14-16-31(2)29(26)27(22-4-3-5-22)19-32(31)20-33(32,36)17-12-21-6-9-24(34)10-7-21/h6-10,22,25-29,35-36H,3-5,11-20H2,1-2H3. The fraction of sp³-hybridized carbons (Fsp3) is 0.758. The maximum Gasteiger partial charge on any atom is 0.123 e. The van der Waals surface area contributed by atoms with E-state index in [0.29, 0.717) is 0 Å². The molecule has 1 spiro atoms. The van der Waals surface area contributed by atoms with Crippen LogP contribution in [0.25, 0.3) is 0 Å². The predicted molar refractivity (Wildman–Crippen MR) is 141 cm³/mol. The Hall–Kier alpha value is -1.19. The van der Waals surface area contributed by atoms with Crippen LogP contribution in [0.3, 0.4) is 0 Å². The van der Waals surface area contributed by atoms with Crippen LogP contribution in [0.1, 0.15) is 96.5 Å². The van der Waals surface area contributed by atoms with Crippen molar-refractivity contribution in [1.82, 2.24) is 0 Å². The Balaban J connectivity index is 1.20. The minimum Gasteiger partial charge on any atom is -0.393 e. The van der Waals surface area contributed by atoms with Crippen molar-refractivity contribution in [1.29, 1.82) is 0 Å². The van der Waals surface area contributed by atoms with Gasteiger partial charge in [-0.05, 0) is 122 Å². The molecule has 0 amide bonds. The van der Waals surface area contributed by atoms with E-state index in [9.17, 15) is 14.6 Å². The number of aryl methyl sites for hydroxylation is 1. The lowest BCUT2D eigenvalue weighted by atomic mass is 9.45. The molecule has 1 aromatic rings. The molecule has 9 unspecified atom stereocenters. The van der Waals surface area contributed by atoms with E-state index in [1.165, 1.54) is 44.9 Å². The van der Waals surface area contributed by atoms with Gasteiger partial charge in [-0.2, -0.15) is 0 Å². The first-order chi connectivity index (χ1) is 17.2. The lowest BCUT2D eigenvalue weighted by molar-refractivity contribution is -0.0873. The Morgan fingerprint density at radius 2 is 1.78 bits per heavy atom. The SMILES string of the molecule is CC12CCC(O)CC1=CCC1C2CCC2(C)C1C(C1CCC1)CC21CC1(O)CCc1ccc(F)cc1. The van der Waals surface area contributed by atoms with Gasteiger partial charge in [-0.15, -0.1) is 0 Å². The molecule has 5 saturated carbocycles. The summed E-state index contributed by atoms with van der Waals surface area (Å²) in [5, 5.41) is 22.5. The minimum absolute atomic E-state index is 0.0730. The van der Waals surface area contributed by atoms with Gasteiger partial charge in [0, 0.05) is 5.41 Å². The Morgan fingerprint density at radius 3 is 2.50 bits per heavy atom. The number of fused-ring (bicyclic) bond motifs is 6. The first-order valence-corrected chi connectivity index (χ1v) is 15.0. The van der Waals surface area contributed by atoms with Crippen LogP contribution in [0.15, 0.2) is 35.9 Å². The number of rotatable bonds is 4. The van der Waals surface area contributed by atoms with Gasteiger partial charge in [0.25, 0.3) is 0 Å². The van der Waals surface area contributed by atoms with Gasteiger partial charge in [-0.25, -0.2) is 4.39 Å². The summed E-state index contributed by atoms with van der Waals surface area (Å²) in [7, 11) is 0. The van der Waals surface area contributed by atoms with Crippen molar-refractivity contribution in [2.24, 2.45) is 45.8 Å². The normalized spacial score (nSPS) is 49.6.